The van der Waals surface area contributed by atoms with Gasteiger partial charge in [-0.25, -0.2) is 0 Å². The summed E-state index contributed by atoms with van der Waals surface area (Å²) in [5.41, 5.74) is 3.04. The van der Waals surface area contributed by atoms with Crippen LogP contribution in [0.15, 0.2) is 60.7 Å². The lowest BCUT2D eigenvalue weighted by Crippen LogP contribution is -2.01. The summed E-state index contributed by atoms with van der Waals surface area (Å²) in [5.74, 6) is 1.63. The topological polar surface area (TPSA) is 40.5 Å². The van der Waals surface area contributed by atoms with Gasteiger partial charge < -0.3 is 14.0 Å². The molecule has 0 radical (unpaired) electrons. The molecule has 0 aliphatic carbocycles. The molecule has 0 saturated heterocycles. The van der Waals surface area contributed by atoms with Gasteiger partial charge in [-0.05, 0) is 61.0 Å². The number of methoxy groups -OCH3 is 2. The smallest absolute Gasteiger partial charge is 0.203 e. The molecule has 0 aliphatic heterocycles. The molecule has 28 heavy (non-hydrogen) atoms. The van der Waals surface area contributed by atoms with Gasteiger partial charge in [0.25, 0.3) is 0 Å². The average molecular weight is 391 g/mol. The number of aromatic nitrogens is 1. The first-order valence-corrected chi connectivity index (χ1v) is 9.82. The van der Waals surface area contributed by atoms with Crippen molar-refractivity contribution in [3.05, 3.63) is 82.4 Å². The van der Waals surface area contributed by atoms with Crippen LogP contribution in [0.4, 0.5) is 0 Å². The fourth-order valence-corrected chi connectivity index (χ4v) is 4.44. The van der Waals surface area contributed by atoms with E-state index < -0.39 is 0 Å². The predicted molar refractivity (Wildman–Crippen MR) is 113 cm³/mol. The number of rotatable bonds is 6. The Balaban J connectivity index is 1.64. The van der Waals surface area contributed by atoms with Crippen molar-refractivity contribution in [1.82, 2.24) is 4.57 Å². The highest BCUT2D eigenvalue weighted by atomic mass is 32.1. The second kappa shape index (κ2) is 7.52. The Bertz CT molecular complexity index is 1120. The van der Waals surface area contributed by atoms with Crippen molar-refractivity contribution in [3.8, 4) is 11.5 Å². The van der Waals surface area contributed by atoms with Crippen LogP contribution in [0, 0.1) is 6.92 Å². The molecule has 142 valence electrons. The summed E-state index contributed by atoms with van der Waals surface area (Å²) in [4.78, 5) is 14.7. The number of thiophene rings is 1. The third-order valence-electron chi connectivity index (χ3n) is 4.85. The zero-order chi connectivity index (χ0) is 19.7. The zero-order valence-corrected chi connectivity index (χ0v) is 16.9. The molecule has 0 N–H and O–H groups in total. The van der Waals surface area contributed by atoms with Gasteiger partial charge in [0.2, 0.25) is 5.78 Å². The van der Waals surface area contributed by atoms with Crippen LogP contribution >= 0.6 is 11.3 Å². The van der Waals surface area contributed by atoms with Gasteiger partial charge >= 0.3 is 0 Å². The van der Waals surface area contributed by atoms with Crippen molar-refractivity contribution < 1.29 is 14.3 Å². The molecule has 5 heteroatoms. The SMILES string of the molecule is COc1ccc(Cn2c(C)cc3cc(C(=O)c4ccc(OC)cc4)sc32)cc1. The molecule has 0 aliphatic rings. The minimum absolute atomic E-state index is 0.0394. The largest absolute Gasteiger partial charge is 0.497 e. The lowest BCUT2D eigenvalue weighted by Gasteiger charge is -2.08. The summed E-state index contributed by atoms with van der Waals surface area (Å²) in [6.45, 7) is 2.86. The zero-order valence-electron chi connectivity index (χ0n) is 16.1. The van der Waals surface area contributed by atoms with Crippen molar-refractivity contribution in [3.63, 3.8) is 0 Å². The Morgan fingerprint density at radius 2 is 1.54 bits per heavy atom. The number of ketones is 1. The van der Waals surface area contributed by atoms with Crippen LogP contribution < -0.4 is 9.47 Å². The highest BCUT2D eigenvalue weighted by Gasteiger charge is 2.16. The number of hydrogen-bond acceptors (Lipinski definition) is 4. The fourth-order valence-electron chi connectivity index (χ4n) is 3.28. The average Bonchev–Trinajstić information content (AvgIpc) is 3.26. The monoisotopic (exact) mass is 391 g/mol. The molecule has 0 fully saturated rings. The van der Waals surface area contributed by atoms with Crippen LogP contribution in [0.2, 0.25) is 0 Å². The van der Waals surface area contributed by atoms with Crippen LogP contribution in [0.5, 0.6) is 11.5 Å². The van der Waals surface area contributed by atoms with Crippen LogP contribution in [0.1, 0.15) is 26.5 Å². The molecular formula is C23H21NO3S. The van der Waals surface area contributed by atoms with Crippen molar-refractivity contribution in [1.29, 1.82) is 0 Å². The summed E-state index contributed by atoms with van der Waals surface area (Å²) in [7, 11) is 3.29. The Labute approximate surface area is 168 Å². The van der Waals surface area contributed by atoms with Gasteiger partial charge in [-0.3, -0.25) is 4.79 Å². The van der Waals surface area contributed by atoms with Gasteiger partial charge in [-0.15, -0.1) is 11.3 Å². The van der Waals surface area contributed by atoms with Gasteiger partial charge in [-0.2, -0.15) is 0 Å². The second-order valence-corrected chi connectivity index (χ2v) is 7.68. The molecule has 0 spiro atoms. The van der Waals surface area contributed by atoms with E-state index in [-0.39, 0.29) is 5.78 Å². The van der Waals surface area contributed by atoms with E-state index in [0.29, 0.717) is 5.56 Å². The van der Waals surface area contributed by atoms with Crippen LogP contribution in [-0.4, -0.2) is 24.6 Å². The van der Waals surface area contributed by atoms with Gasteiger partial charge in [0.15, 0.2) is 0 Å². The van der Waals surface area contributed by atoms with Crippen molar-refractivity contribution in [2.45, 2.75) is 13.5 Å². The van der Waals surface area contributed by atoms with Gasteiger partial charge in [0.05, 0.1) is 19.1 Å². The molecule has 2 aromatic heterocycles. The third-order valence-corrected chi connectivity index (χ3v) is 6.02. The maximum absolute atomic E-state index is 12.9. The van der Waals surface area contributed by atoms with Crippen molar-refractivity contribution in [2.24, 2.45) is 0 Å². The second-order valence-electron chi connectivity index (χ2n) is 6.65. The quantitative estimate of drug-likeness (QED) is 0.418. The Morgan fingerprint density at radius 3 is 2.14 bits per heavy atom. The number of aryl methyl sites for hydroxylation is 1. The van der Waals surface area contributed by atoms with Gasteiger partial charge in [0, 0.05) is 23.2 Å². The highest BCUT2D eigenvalue weighted by Crippen LogP contribution is 2.31. The van der Waals surface area contributed by atoms with E-state index in [1.54, 1.807) is 25.6 Å². The predicted octanol–water partition coefficient (Wildman–Crippen LogP) is 5.31. The molecule has 2 heterocycles. The van der Waals surface area contributed by atoms with Crippen molar-refractivity contribution in [2.75, 3.05) is 14.2 Å². The lowest BCUT2D eigenvalue weighted by atomic mass is 10.1. The molecule has 0 atom stereocenters. The Morgan fingerprint density at radius 1 is 0.929 bits per heavy atom. The molecule has 0 unspecified atom stereocenters. The summed E-state index contributed by atoms with van der Waals surface area (Å²) >= 11 is 1.54. The number of fused-ring (bicyclic) bond motifs is 1. The van der Waals surface area contributed by atoms with E-state index >= 15 is 0 Å². The van der Waals surface area contributed by atoms with Gasteiger partial charge in [0.1, 0.15) is 16.3 Å². The number of nitrogens with zero attached hydrogens (tertiary/aromatic N) is 1. The van der Waals surface area contributed by atoms with E-state index in [0.717, 1.165) is 33.1 Å². The maximum Gasteiger partial charge on any atom is 0.203 e. The van der Waals surface area contributed by atoms with E-state index in [4.69, 9.17) is 9.47 Å². The summed E-state index contributed by atoms with van der Waals surface area (Å²) < 4.78 is 12.7. The first kappa shape index (κ1) is 18.3. The van der Waals surface area contributed by atoms with E-state index in [9.17, 15) is 4.79 Å². The van der Waals surface area contributed by atoms with E-state index in [1.165, 1.54) is 11.3 Å². The molecule has 0 saturated carbocycles. The molecule has 4 rings (SSSR count). The fraction of sp³-hybridized carbons (Fsp3) is 0.174. The molecule has 2 aromatic carbocycles. The minimum atomic E-state index is 0.0394. The number of benzene rings is 2. The molecule has 0 amide bonds. The Kier molecular flexibility index (Phi) is 4.92. The first-order valence-electron chi connectivity index (χ1n) is 9.00. The van der Waals surface area contributed by atoms with Crippen LogP contribution in [0.3, 0.4) is 0 Å². The lowest BCUT2D eigenvalue weighted by molar-refractivity contribution is 0.104. The maximum atomic E-state index is 12.9. The molecule has 4 nitrogen and oxygen atoms in total. The first-order chi connectivity index (χ1) is 13.6. The Hall–Kier alpha value is -3.05. The molecular weight excluding hydrogens is 370 g/mol. The third kappa shape index (κ3) is 3.41. The van der Waals surface area contributed by atoms with Crippen LogP contribution in [-0.2, 0) is 6.54 Å². The highest BCUT2D eigenvalue weighted by molar-refractivity contribution is 7.20. The van der Waals surface area contributed by atoms with Crippen molar-refractivity contribution >= 4 is 27.3 Å². The summed E-state index contributed by atoms with van der Waals surface area (Å²) in [5, 5.41) is 1.10. The molecule has 0 bridgehead atoms. The van der Waals surface area contributed by atoms with E-state index in [1.807, 2.05) is 42.5 Å². The summed E-state index contributed by atoms with van der Waals surface area (Å²) in [6.07, 6.45) is 0. The number of ether oxygens (including phenoxy) is 2. The molecule has 4 aromatic rings. The van der Waals surface area contributed by atoms with Crippen LogP contribution in [0.25, 0.3) is 10.2 Å². The van der Waals surface area contributed by atoms with Gasteiger partial charge in [-0.1, -0.05) is 12.1 Å². The summed E-state index contributed by atoms with van der Waals surface area (Å²) in [6, 6.07) is 19.5. The number of carbonyl (C=O) groups excluding carboxylic acids is 1. The minimum Gasteiger partial charge on any atom is -0.497 e. The number of hydrogen-bond donors (Lipinski definition) is 0. The van der Waals surface area contributed by atoms with E-state index in [2.05, 4.69) is 29.7 Å². The number of carbonyl (C=O) groups is 1. The normalized spacial score (nSPS) is 11.0. The standard InChI is InChI=1S/C23H21NO3S/c1-15-12-18-13-21(22(25)17-6-10-20(27-3)11-7-17)28-23(18)24(15)14-16-4-8-19(26-2)9-5-16/h4-13H,14H2,1-3H3.